The SMILES string of the molecule is COC(C)(C)Cc1nc(C2CCCC2)n(CC(C)C)c1N. The van der Waals surface area contributed by atoms with Crippen LogP contribution in [0.1, 0.15) is 70.8 Å². The lowest BCUT2D eigenvalue weighted by atomic mass is 10.0. The Bertz CT molecular complexity index is 471. The molecule has 4 nitrogen and oxygen atoms in total. The third-order valence-corrected chi connectivity index (χ3v) is 4.53. The second-order valence-corrected chi connectivity index (χ2v) is 7.43. The summed E-state index contributed by atoms with van der Waals surface area (Å²) in [6, 6.07) is 0. The molecule has 2 N–H and O–H groups in total. The normalized spacial score (nSPS) is 17.0. The second kappa shape index (κ2) is 6.39. The van der Waals surface area contributed by atoms with Crippen LogP contribution in [0.15, 0.2) is 0 Å². The molecular formula is C17H31N3O. The number of hydrogen-bond acceptors (Lipinski definition) is 3. The van der Waals surface area contributed by atoms with E-state index in [0.29, 0.717) is 11.8 Å². The summed E-state index contributed by atoms with van der Waals surface area (Å²) in [6.45, 7) is 9.59. The van der Waals surface area contributed by atoms with Crippen molar-refractivity contribution < 1.29 is 4.74 Å². The van der Waals surface area contributed by atoms with Crippen molar-refractivity contribution in [3.05, 3.63) is 11.5 Å². The fraction of sp³-hybridized carbons (Fsp3) is 0.824. The molecule has 0 spiro atoms. The number of ether oxygens (including phenoxy) is 1. The number of hydrogen-bond donors (Lipinski definition) is 1. The van der Waals surface area contributed by atoms with Gasteiger partial charge in [-0.15, -0.1) is 0 Å². The molecule has 0 bridgehead atoms. The number of methoxy groups -OCH3 is 1. The molecule has 0 amide bonds. The monoisotopic (exact) mass is 293 g/mol. The van der Waals surface area contributed by atoms with Crippen molar-refractivity contribution in [1.82, 2.24) is 9.55 Å². The van der Waals surface area contributed by atoms with Gasteiger partial charge in [-0.3, -0.25) is 0 Å². The van der Waals surface area contributed by atoms with Crippen molar-refractivity contribution in [2.45, 2.75) is 77.9 Å². The summed E-state index contributed by atoms with van der Waals surface area (Å²) < 4.78 is 7.81. The van der Waals surface area contributed by atoms with Crippen LogP contribution in [-0.4, -0.2) is 22.3 Å². The zero-order chi connectivity index (χ0) is 15.6. The minimum absolute atomic E-state index is 0.224. The molecule has 0 radical (unpaired) electrons. The van der Waals surface area contributed by atoms with Crippen molar-refractivity contribution >= 4 is 5.82 Å². The van der Waals surface area contributed by atoms with Crippen LogP contribution in [0.3, 0.4) is 0 Å². The van der Waals surface area contributed by atoms with Gasteiger partial charge >= 0.3 is 0 Å². The molecule has 2 rings (SSSR count). The lowest BCUT2D eigenvalue weighted by molar-refractivity contribution is 0.0226. The molecule has 21 heavy (non-hydrogen) atoms. The smallest absolute Gasteiger partial charge is 0.126 e. The molecule has 1 aromatic rings. The summed E-state index contributed by atoms with van der Waals surface area (Å²) >= 11 is 0. The van der Waals surface area contributed by atoms with Gasteiger partial charge in [0.15, 0.2) is 0 Å². The summed E-state index contributed by atoms with van der Waals surface area (Å²) in [5, 5.41) is 0. The highest BCUT2D eigenvalue weighted by Crippen LogP contribution is 2.36. The van der Waals surface area contributed by atoms with Crippen LogP contribution in [0, 0.1) is 5.92 Å². The Hall–Kier alpha value is -1.03. The topological polar surface area (TPSA) is 53.1 Å². The fourth-order valence-electron chi connectivity index (χ4n) is 3.19. The molecule has 0 aromatic carbocycles. The molecule has 1 aliphatic rings. The lowest BCUT2D eigenvalue weighted by Gasteiger charge is -2.21. The maximum Gasteiger partial charge on any atom is 0.126 e. The van der Waals surface area contributed by atoms with Crippen LogP contribution >= 0.6 is 0 Å². The number of nitrogen functional groups attached to an aromatic ring is 1. The molecule has 1 aliphatic carbocycles. The summed E-state index contributed by atoms with van der Waals surface area (Å²) in [6.07, 6.45) is 5.90. The first-order valence-corrected chi connectivity index (χ1v) is 8.24. The van der Waals surface area contributed by atoms with Gasteiger partial charge in [0.1, 0.15) is 11.6 Å². The maximum atomic E-state index is 6.43. The molecule has 1 saturated carbocycles. The van der Waals surface area contributed by atoms with Crippen LogP contribution in [0.4, 0.5) is 5.82 Å². The fourth-order valence-corrected chi connectivity index (χ4v) is 3.19. The minimum atomic E-state index is -0.224. The first-order valence-electron chi connectivity index (χ1n) is 8.24. The van der Waals surface area contributed by atoms with E-state index >= 15 is 0 Å². The summed E-state index contributed by atoms with van der Waals surface area (Å²) in [7, 11) is 1.75. The summed E-state index contributed by atoms with van der Waals surface area (Å²) in [4.78, 5) is 4.94. The Kier molecular flexibility index (Phi) is 4.97. The first kappa shape index (κ1) is 16.3. The van der Waals surface area contributed by atoms with Crippen LogP contribution in [0.2, 0.25) is 0 Å². The van der Waals surface area contributed by atoms with Gasteiger partial charge < -0.3 is 15.0 Å². The van der Waals surface area contributed by atoms with Gasteiger partial charge in [-0.05, 0) is 32.6 Å². The standard InChI is InChI=1S/C17H31N3O/c1-12(2)11-20-15(18)14(10-17(3,4)21-5)19-16(20)13-8-6-7-9-13/h12-13H,6-11,18H2,1-5H3. The Morgan fingerprint density at radius 3 is 2.48 bits per heavy atom. The number of nitrogens with zero attached hydrogens (tertiary/aromatic N) is 2. The predicted molar refractivity (Wildman–Crippen MR) is 87.5 cm³/mol. The summed E-state index contributed by atoms with van der Waals surface area (Å²) in [5.41, 5.74) is 7.21. The van der Waals surface area contributed by atoms with Crippen molar-refractivity contribution in [1.29, 1.82) is 0 Å². The van der Waals surface area contributed by atoms with E-state index in [0.717, 1.165) is 24.5 Å². The van der Waals surface area contributed by atoms with Crippen molar-refractivity contribution in [2.24, 2.45) is 5.92 Å². The number of nitrogens with two attached hydrogens (primary N) is 1. The zero-order valence-electron chi connectivity index (χ0n) is 14.3. The van der Waals surface area contributed by atoms with Gasteiger partial charge in [-0.2, -0.15) is 0 Å². The van der Waals surface area contributed by atoms with E-state index in [-0.39, 0.29) is 5.60 Å². The van der Waals surface area contributed by atoms with E-state index in [4.69, 9.17) is 15.5 Å². The van der Waals surface area contributed by atoms with E-state index < -0.39 is 0 Å². The average molecular weight is 293 g/mol. The zero-order valence-corrected chi connectivity index (χ0v) is 14.3. The van der Waals surface area contributed by atoms with Gasteiger partial charge in [0.05, 0.1) is 11.3 Å². The van der Waals surface area contributed by atoms with Crippen molar-refractivity contribution in [3.63, 3.8) is 0 Å². The second-order valence-electron chi connectivity index (χ2n) is 7.43. The average Bonchev–Trinajstić information content (AvgIpc) is 3.01. The molecule has 0 saturated heterocycles. The predicted octanol–water partition coefficient (Wildman–Crippen LogP) is 3.75. The molecule has 1 heterocycles. The molecular weight excluding hydrogens is 262 g/mol. The quantitative estimate of drug-likeness (QED) is 0.869. The highest BCUT2D eigenvalue weighted by molar-refractivity contribution is 5.40. The highest BCUT2D eigenvalue weighted by Gasteiger charge is 2.28. The largest absolute Gasteiger partial charge is 0.384 e. The van der Waals surface area contributed by atoms with Gasteiger partial charge in [-0.25, -0.2) is 4.98 Å². The van der Waals surface area contributed by atoms with Crippen molar-refractivity contribution in [2.75, 3.05) is 12.8 Å². The van der Waals surface area contributed by atoms with E-state index in [2.05, 4.69) is 32.3 Å². The van der Waals surface area contributed by atoms with E-state index in [1.165, 1.54) is 31.5 Å². The Morgan fingerprint density at radius 1 is 1.33 bits per heavy atom. The number of anilines is 1. The number of rotatable bonds is 6. The summed E-state index contributed by atoms with van der Waals surface area (Å²) in [5.74, 6) is 3.21. The molecule has 1 aromatic heterocycles. The third-order valence-electron chi connectivity index (χ3n) is 4.53. The molecule has 120 valence electrons. The third kappa shape index (κ3) is 3.79. The Labute approximate surface area is 129 Å². The molecule has 0 atom stereocenters. The maximum absolute atomic E-state index is 6.43. The molecule has 0 aliphatic heterocycles. The minimum Gasteiger partial charge on any atom is -0.384 e. The Morgan fingerprint density at radius 2 is 1.95 bits per heavy atom. The molecule has 0 unspecified atom stereocenters. The van der Waals surface area contributed by atoms with Gasteiger partial charge in [0.2, 0.25) is 0 Å². The highest BCUT2D eigenvalue weighted by atomic mass is 16.5. The molecule has 4 heteroatoms. The van der Waals surface area contributed by atoms with E-state index in [1.807, 2.05) is 0 Å². The lowest BCUT2D eigenvalue weighted by Crippen LogP contribution is -2.26. The van der Waals surface area contributed by atoms with Gasteiger partial charge in [-0.1, -0.05) is 26.7 Å². The molecule has 1 fully saturated rings. The number of imidazole rings is 1. The van der Waals surface area contributed by atoms with E-state index in [1.54, 1.807) is 7.11 Å². The van der Waals surface area contributed by atoms with Crippen molar-refractivity contribution in [3.8, 4) is 0 Å². The Balaban J connectivity index is 2.33. The van der Waals surface area contributed by atoms with Crippen LogP contribution in [0.25, 0.3) is 0 Å². The van der Waals surface area contributed by atoms with Crippen LogP contribution in [0.5, 0.6) is 0 Å². The van der Waals surface area contributed by atoms with Gasteiger partial charge in [0, 0.05) is 26.0 Å². The van der Waals surface area contributed by atoms with E-state index in [9.17, 15) is 0 Å². The number of aromatic nitrogens is 2. The van der Waals surface area contributed by atoms with Gasteiger partial charge in [0.25, 0.3) is 0 Å². The van der Waals surface area contributed by atoms with Crippen LogP contribution < -0.4 is 5.73 Å². The first-order chi connectivity index (χ1) is 9.84. The van der Waals surface area contributed by atoms with Crippen LogP contribution in [-0.2, 0) is 17.7 Å².